The number of aryl methyl sites for hydroxylation is 1. The summed E-state index contributed by atoms with van der Waals surface area (Å²) in [5.74, 6) is 2.26. The van der Waals surface area contributed by atoms with E-state index >= 15 is 0 Å². The molecule has 2 aromatic heterocycles. The van der Waals surface area contributed by atoms with Gasteiger partial charge in [-0.2, -0.15) is 0 Å². The second kappa shape index (κ2) is 8.91. The molecule has 2 aromatic carbocycles. The summed E-state index contributed by atoms with van der Waals surface area (Å²) in [4.78, 5) is 12.6. The molecule has 1 N–H and O–H groups in total. The van der Waals surface area contributed by atoms with Crippen LogP contribution in [0.5, 0.6) is 11.5 Å². The third-order valence-corrected chi connectivity index (χ3v) is 5.04. The standard InChI is InChI=1S/C23H24N4O4/c1-4-22-25-26-23(31-22)17-7-6-16-9-10-27(18(16)12-17)14-21(28)24-13-15-5-8-19(29-2)20(11-15)30-3/h5-12H,4,13-14H2,1-3H3,(H,24,28). The van der Waals surface area contributed by atoms with E-state index in [-0.39, 0.29) is 12.5 Å². The molecular formula is C23H24N4O4. The highest BCUT2D eigenvalue weighted by Gasteiger charge is 2.12. The number of methoxy groups -OCH3 is 2. The summed E-state index contributed by atoms with van der Waals surface area (Å²) in [6.07, 6.45) is 2.58. The number of aromatic nitrogens is 3. The van der Waals surface area contributed by atoms with Crippen LogP contribution in [0.4, 0.5) is 0 Å². The zero-order valence-electron chi connectivity index (χ0n) is 17.7. The summed E-state index contributed by atoms with van der Waals surface area (Å²) in [5, 5.41) is 12.1. The summed E-state index contributed by atoms with van der Waals surface area (Å²) in [6.45, 7) is 2.56. The van der Waals surface area contributed by atoms with Crippen LogP contribution >= 0.6 is 0 Å². The number of benzene rings is 2. The van der Waals surface area contributed by atoms with E-state index in [9.17, 15) is 4.79 Å². The molecule has 4 aromatic rings. The number of fused-ring (bicyclic) bond motifs is 1. The largest absolute Gasteiger partial charge is 0.493 e. The average Bonchev–Trinajstić information content (AvgIpc) is 3.44. The lowest BCUT2D eigenvalue weighted by molar-refractivity contribution is -0.121. The summed E-state index contributed by atoms with van der Waals surface area (Å²) >= 11 is 0. The first-order valence-corrected chi connectivity index (χ1v) is 10.0. The third kappa shape index (κ3) is 4.37. The van der Waals surface area contributed by atoms with E-state index < -0.39 is 0 Å². The quantitative estimate of drug-likeness (QED) is 0.468. The molecule has 0 saturated heterocycles. The first kappa shape index (κ1) is 20.5. The minimum absolute atomic E-state index is 0.0938. The molecule has 160 valence electrons. The fourth-order valence-electron chi connectivity index (χ4n) is 3.37. The van der Waals surface area contributed by atoms with E-state index in [0.29, 0.717) is 36.2 Å². The number of nitrogens with one attached hydrogen (secondary N) is 1. The van der Waals surface area contributed by atoms with Crippen LogP contribution in [0.15, 0.2) is 53.1 Å². The Balaban J connectivity index is 1.46. The fourth-order valence-corrected chi connectivity index (χ4v) is 3.37. The highest BCUT2D eigenvalue weighted by atomic mass is 16.5. The highest BCUT2D eigenvalue weighted by Crippen LogP contribution is 2.27. The molecule has 2 heterocycles. The predicted octanol–water partition coefficient (Wildman–Crippen LogP) is 3.59. The first-order chi connectivity index (χ1) is 15.1. The monoisotopic (exact) mass is 420 g/mol. The van der Waals surface area contributed by atoms with Gasteiger partial charge >= 0.3 is 0 Å². The van der Waals surface area contributed by atoms with E-state index in [4.69, 9.17) is 13.9 Å². The Hall–Kier alpha value is -3.81. The van der Waals surface area contributed by atoms with Crippen LogP contribution in [-0.2, 0) is 24.3 Å². The normalized spacial score (nSPS) is 10.9. The van der Waals surface area contributed by atoms with Gasteiger partial charge in [-0.05, 0) is 41.3 Å². The van der Waals surface area contributed by atoms with Gasteiger partial charge in [-0.3, -0.25) is 4.79 Å². The molecule has 0 aliphatic carbocycles. The lowest BCUT2D eigenvalue weighted by Gasteiger charge is -2.11. The van der Waals surface area contributed by atoms with Crippen molar-refractivity contribution in [3.63, 3.8) is 0 Å². The molecular weight excluding hydrogens is 396 g/mol. The van der Waals surface area contributed by atoms with Crippen LogP contribution in [0.3, 0.4) is 0 Å². The number of amides is 1. The van der Waals surface area contributed by atoms with Crippen molar-refractivity contribution < 1.29 is 18.7 Å². The van der Waals surface area contributed by atoms with Gasteiger partial charge in [0.05, 0.1) is 14.2 Å². The molecule has 1 amide bonds. The van der Waals surface area contributed by atoms with Crippen LogP contribution < -0.4 is 14.8 Å². The zero-order valence-corrected chi connectivity index (χ0v) is 17.7. The number of ether oxygens (including phenoxy) is 2. The molecule has 8 nitrogen and oxygen atoms in total. The summed E-state index contributed by atoms with van der Waals surface area (Å²) in [6, 6.07) is 13.4. The van der Waals surface area contributed by atoms with E-state index in [1.54, 1.807) is 14.2 Å². The summed E-state index contributed by atoms with van der Waals surface area (Å²) in [7, 11) is 3.18. The van der Waals surface area contributed by atoms with Gasteiger partial charge in [0.1, 0.15) is 6.54 Å². The lowest BCUT2D eigenvalue weighted by atomic mass is 10.1. The molecule has 0 unspecified atom stereocenters. The third-order valence-electron chi connectivity index (χ3n) is 5.04. The van der Waals surface area contributed by atoms with Crippen LogP contribution in [0.1, 0.15) is 18.4 Å². The number of hydrogen-bond acceptors (Lipinski definition) is 6. The van der Waals surface area contributed by atoms with Gasteiger partial charge in [-0.1, -0.05) is 19.1 Å². The smallest absolute Gasteiger partial charge is 0.247 e. The topological polar surface area (TPSA) is 91.4 Å². The molecule has 4 rings (SSSR count). The maximum Gasteiger partial charge on any atom is 0.247 e. The SMILES string of the molecule is CCc1nnc(-c2ccc3ccn(CC(=O)NCc4ccc(OC)c(OC)c4)c3c2)o1. The van der Waals surface area contributed by atoms with E-state index in [1.165, 1.54) is 0 Å². The van der Waals surface area contributed by atoms with Crippen molar-refractivity contribution in [3.05, 3.63) is 60.1 Å². The Morgan fingerprint density at radius 3 is 2.65 bits per heavy atom. The number of carbonyl (C=O) groups excluding carboxylic acids is 1. The van der Waals surface area contributed by atoms with Crippen molar-refractivity contribution in [1.82, 2.24) is 20.1 Å². The van der Waals surface area contributed by atoms with Gasteiger partial charge in [0.25, 0.3) is 0 Å². The molecule has 0 fully saturated rings. The fraction of sp³-hybridized carbons (Fsp3) is 0.261. The van der Waals surface area contributed by atoms with Crippen molar-refractivity contribution in [1.29, 1.82) is 0 Å². The second-order valence-electron chi connectivity index (χ2n) is 7.04. The number of nitrogens with zero attached hydrogens (tertiary/aromatic N) is 3. The minimum atomic E-state index is -0.0938. The molecule has 0 saturated carbocycles. The van der Waals surface area contributed by atoms with Crippen LogP contribution in [0.2, 0.25) is 0 Å². The van der Waals surface area contributed by atoms with Crippen molar-refractivity contribution in [2.45, 2.75) is 26.4 Å². The van der Waals surface area contributed by atoms with E-state index in [0.717, 1.165) is 22.0 Å². The zero-order chi connectivity index (χ0) is 21.8. The summed E-state index contributed by atoms with van der Waals surface area (Å²) in [5.41, 5.74) is 2.68. The molecule has 0 aliphatic heterocycles. The second-order valence-corrected chi connectivity index (χ2v) is 7.04. The number of rotatable bonds is 8. The van der Waals surface area contributed by atoms with Gasteiger partial charge in [-0.25, -0.2) is 0 Å². The maximum atomic E-state index is 12.6. The van der Waals surface area contributed by atoms with E-state index in [1.807, 2.05) is 60.2 Å². The van der Waals surface area contributed by atoms with Gasteiger partial charge in [-0.15, -0.1) is 10.2 Å². The lowest BCUT2D eigenvalue weighted by Crippen LogP contribution is -2.26. The Bertz CT molecular complexity index is 1210. The van der Waals surface area contributed by atoms with E-state index in [2.05, 4.69) is 15.5 Å². The molecule has 0 atom stereocenters. The predicted molar refractivity (Wildman–Crippen MR) is 116 cm³/mol. The van der Waals surface area contributed by atoms with Crippen molar-refractivity contribution in [3.8, 4) is 23.0 Å². The molecule has 31 heavy (non-hydrogen) atoms. The number of hydrogen-bond donors (Lipinski definition) is 1. The van der Waals surface area contributed by atoms with Crippen molar-refractivity contribution in [2.24, 2.45) is 0 Å². The minimum Gasteiger partial charge on any atom is -0.493 e. The first-order valence-electron chi connectivity index (χ1n) is 10.0. The maximum absolute atomic E-state index is 12.6. The van der Waals surface area contributed by atoms with Gasteiger partial charge in [0.15, 0.2) is 11.5 Å². The molecule has 0 spiro atoms. The molecule has 0 bridgehead atoms. The molecule has 0 radical (unpaired) electrons. The Morgan fingerprint density at radius 2 is 1.90 bits per heavy atom. The van der Waals surface area contributed by atoms with Gasteiger partial charge in [0.2, 0.25) is 17.7 Å². The van der Waals surface area contributed by atoms with Gasteiger partial charge in [0, 0.05) is 30.2 Å². The van der Waals surface area contributed by atoms with Crippen molar-refractivity contribution in [2.75, 3.05) is 14.2 Å². The summed E-state index contributed by atoms with van der Waals surface area (Å²) < 4.78 is 18.1. The average molecular weight is 420 g/mol. The van der Waals surface area contributed by atoms with Gasteiger partial charge < -0.3 is 23.8 Å². The van der Waals surface area contributed by atoms with Crippen LogP contribution in [0, 0.1) is 0 Å². The molecule has 8 heteroatoms. The Labute approximate surface area is 179 Å². The molecule has 0 aliphatic rings. The number of carbonyl (C=O) groups is 1. The Kier molecular flexibility index (Phi) is 5.88. The van der Waals surface area contributed by atoms with Crippen molar-refractivity contribution >= 4 is 16.8 Å². The Morgan fingerprint density at radius 1 is 1.06 bits per heavy atom. The van der Waals surface area contributed by atoms with Crippen LogP contribution in [0.25, 0.3) is 22.4 Å². The van der Waals surface area contributed by atoms with Crippen LogP contribution in [-0.4, -0.2) is 34.9 Å². The highest BCUT2D eigenvalue weighted by molar-refractivity contribution is 5.86.